The summed E-state index contributed by atoms with van der Waals surface area (Å²) in [5, 5.41) is 0.807. The number of sulfonamides is 1. The van der Waals surface area contributed by atoms with Crippen molar-refractivity contribution >= 4 is 44.9 Å². The molecule has 5 nitrogen and oxygen atoms in total. The number of halogens is 2. The standard InChI is InChI=1S/C16H15Cl2NO4S/c1-11-14(18)4-3-5-15(11)19(10-16(20)23-2)24(21,22)13-8-6-12(17)7-9-13/h3-9H,10H2,1-2H3. The second-order valence-electron chi connectivity index (χ2n) is 4.93. The summed E-state index contributed by atoms with van der Waals surface area (Å²) in [6.45, 7) is 1.21. The van der Waals surface area contributed by atoms with Crippen molar-refractivity contribution in [2.75, 3.05) is 18.0 Å². The van der Waals surface area contributed by atoms with E-state index in [9.17, 15) is 13.2 Å². The number of esters is 1. The molecular formula is C16H15Cl2NO4S. The van der Waals surface area contributed by atoms with Gasteiger partial charge in [-0.25, -0.2) is 8.42 Å². The third kappa shape index (κ3) is 3.83. The van der Waals surface area contributed by atoms with Gasteiger partial charge in [-0.15, -0.1) is 0 Å². The molecule has 0 aliphatic rings. The van der Waals surface area contributed by atoms with E-state index in [0.29, 0.717) is 21.3 Å². The SMILES string of the molecule is COC(=O)CN(c1cccc(Cl)c1C)S(=O)(=O)c1ccc(Cl)cc1. The van der Waals surface area contributed by atoms with Crippen molar-refractivity contribution < 1.29 is 17.9 Å². The van der Waals surface area contributed by atoms with Crippen molar-refractivity contribution in [2.45, 2.75) is 11.8 Å². The van der Waals surface area contributed by atoms with Gasteiger partial charge in [0.05, 0.1) is 17.7 Å². The molecule has 0 amide bonds. The lowest BCUT2D eigenvalue weighted by Gasteiger charge is -2.25. The van der Waals surface area contributed by atoms with Crippen LogP contribution in [0.1, 0.15) is 5.56 Å². The molecule has 0 bridgehead atoms. The number of benzene rings is 2. The Hall–Kier alpha value is -1.76. The Labute approximate surface area is 150 Å². The van der Waals surface area contributed by atoms with Crippen LogP contribution < -0.4 is 4.31 Å². The van der Waals surface area contributed by atoms with Gasteiger partial charge in [0.1, 0.15) is 6.54 Å². The van der Waals surface area contributed by atoms with Crippen LogP contribution in [-0.4, -0.2) is 28.0 Å². The predicted molar refractivity (Wildman–Crippen MR) is 94.2 cm³/mol. The molecule has 2 aromatic carbocycles. The summed E-state index contributed by atoms with van der Waals surface area (Å²) in [5.74, 6) is -0.688. The molecule has 0 atom stereocenters. The van der Waals surface area contributed by atoms with Gasteiger partial charge in [-0.2, -0.15) is 0 Å². The minimum atomic E-state index is -4.00. The molecule has 0 N–H and O–H groups in total. The van der Waals surface area contributed by atoms with E-state index in [-0.39, 0.29) is 4.90 Å². The largest absolute Gasteiger partial charge is 0.468 e. The molecule has 0 saturated heterocycles. The number of hydrogen-bond donors (Lipinski definition) is 0. The smallest absolute Gasteiger partial charge is 0.326 e. The van der Waals surface area contributed by atoms with Crippen LogP contribution in [0.4, 0.5) is 5.69 Å². The van der Waals surface area contributed by atoms with E-state index >= 15 is 0 Å². The minimum Gasteiger partial charge on any atom is -0.468 e. The van der Waals surface area contributed by atoms with Crippen molar-refractivity contribution in [3.63, 3.8) is 0 Å². The van der Waals surface area contributed by atoms with Crippen LogP contribution in [0.5, 0.6) is 0 Å². The van der Waals surface area contributed by atoms with Gasteiger partial charge in [-0.3, -0.25) is 9.10 Å². The molecule has 0 fully saturated rings. The summed E-state index contributed by atoms with van der Waals surface area (Å²) in [4.78, 5) is 11.8. The van der Waals surface area contributed by atoms with Crippen LogP contribution in [0.15, 0.2) is 47.4 Å². The highest BCUT2D eigenvalue weighted by Crippen LogP contribution is 2.31. The zero-order chi connectivity index (χ0) is 17.9. The van der Waals surface area contributed by atoms with Gasteiger partial charge in [0.2, 0.25) is 0 Å². The molecule has 128 valence electrons. The summed E-state index contributed by atoms with van der Waals surface area (Å²) in [6.07, 6.45) is 0. The van der Waals surface area contributed by atoms with Gasteiger partial charge in [0, 0.05) is 10.0 Å². The van der Waals surface area contributed by atoms with Crippen molar-refractivity contribution in [3.8, 4) is 0 Å². The molecule has 24 heavy (non-hydrogen) atoms. The van der Waals surface area contributed by atoms with Gasteiger partial charge >= 0.3 is 5.97 Å². The maximum absolute atomic E-state index is 13.0. The molecule has 2 rings (SSSR count). The van der Waals surface area contributed by atoms with Gasteiger partial charge in [-0.05, 0) is 48.9 Å². The molecule has 0 heterocycles. The number of methoxy groups -OCH3 is 1. The summed E-state index contributed by atoms with van der Waals surface area (Å²) in [5.41, 5.74) is 0.850. The summed E-state index contributed by atoms with van der Waals surface area (Å²) in [7, 11) is -2.81. The van der Waals surface area contributed by atoms with Gasteiger partial charge in [-0.1, -0.05) is 29.3 Å². The quantitative estimate of drug-likeness (QED) is 0.734. The first-order valence-corrected chi connectivity index (χ1v) is 9.07. The van der Waals surface area contributed by atoms with E-state index in [2.05, 4.69) is 4.74 Å². The number of nitrogens with zero attached hydrogens (tertiary/aromatic N) is 1. The number of anilines is 1. The number of rotatable bonds is 5. The third-order valence-electron chi connectivity index (χ3n) is 3.41. The van der Waals surface area contributed by atoms with E-state index in [0.717, 1.165) is 4.31 Å². The Kier molecular flexibility index (Phi) is 5.74. The van der Waals surface area contributed by atoms with Crippen molar-refractivity contribution in [1.82, 2.24) is 0 Å². The normalized spacial score (nSPS) is 11.2. The van der Waals surface area contributed by atoms with Gasteiger partial charge in [0.15, 0.2) is 0 Å². The van der Waals surface area contributed by atoms with Crippen molar-refractivity contribution in [3.05, 3.63) is 58.1 Å². The minimum absolute atomic E-state index is 0.00942. The highest BCUT2D eigenvalue weighted by molar-refractivity contribution is 7.92. The lowest BCUT2D eigenvalue weighted by atomic mass is 10.2. The van der Waals surface area contributed by atoms with E-state index < -0.39 is 22.5 Å². The number of ether oxygens (including phenoxy) is 1. The summed E-state index contributed by atoms with van der Waals surface area (Å²) < 4.78 is 31.6. The fourth-order valence-electron chi connectivity index (χ4n) is 2.08. The molecule has 0 aliphatic carbocycles. The zero-order valence-corrected chi connectivity index (χ0v) is 15.3. The second-order valence-corrected chi connectivity index (χ2v) is 7.63. The van der Waals surface area contributed by atoms with Gasteiger partial charge in [0.25, 0.3) is 10.0 Å². The molecule has 8 heteroatoms. The molecule has 0 unspecified atom stereocenters. The molecule has 0 aromatic heterocycles. The molecule has 0 saturated carbocycles. The van der Waals surface area contributed by atoms with Crippen molar-refractivity contribution in [2.24, 2.45) is 0 Å². The molecule has 0 spiro atoms. The molecule has 2 aromatic rings. The number of carbonyl (C=O) groups is 1. The zero-order valence-electron chi connectivity index (χ0n) is 13.0. The van der Waals surface area contributed by atoms with Gasteiger partial charge < -0.3 is 4.74 Å². The Morgan fingerprint density at radius 1 is 1.12 bits per heavy atom. The lowest BCUT2D eigenvalue weighted by molar-refractivity contribution is -0.138. The first-order valence-electron chi connectivity index (χ1n) is 6.87. The van der Waals surface area contributed by atoms with E-state index in [1.165, 1.54) is 31.4 Å². The van der Waals surface area contributed by atoms with Crippen LogP contribution in [0.2, 0.25) is 10.0 Å². The highest BCUT2D eigenvalue weighted by Gasteiger charge is 2.29. The fourth-order valence-corrected chi connectivity index (χ4v) is 3.84. The topological polar surface area (TPSA) is 63.7 Å². The lowest BCUT2D eigenvalue weighted by Crippen LogP contribution is -2.36. The fraction of sp³-hybridized carbons (Fsp3) is 0.188. The Morgan fingerprint density at radius 2 is 1.75 bits per heavy atom. The maximum atomic E-state index is 13.0. The van der Waals surface area contributed by atoms with Crippen LogP contribution in [0.25, 0.3) is 0 Å². The second kappa shape index (κ2) is 7.42. The number of carbonyl (C=O) groups excluding carboxylic acids is 1. The third-order valence-corrected chi connectivity index (χ3v) is 5.85. The first-order chi connectivity index (χ1) is 11.3. The van der Waals surface area contributed by atoms with Crippen molar-refractivity contribution in [1.29, 1.82) is 0 Å². The Balaban J connectivity index is 2.59. The summed E-state index contributed by atoms with van der Waals surface area (Å²) in [6, 6.07) is 10.5. The first kappa shape index (κ1) is 18.6. The number of hydrogen-bond acceptors (Lipinski definition) is 4. The molecular weight excluding hydrogens is 373 g/mol. The van der Waals surface area contributed by atoms with Crippen LogP contribution >= 0.6 is 23.2 Å². The van der Waals surface area contributed by atoms with E-state index in [1.807, 2.05) is 0 Å². The molecule has 0 radical (unpaired) electrons. The maximum Gasteiger partial charge on any atom is 0.326 e. The average molecular weight is 388 g/mol. The average Bonchev–Trinajstić information content (AvgIpc) is 2.55. The highest BCUT2D eigenvalue weighted by atomic mass is 35.5. The monoisotopic (exact) mass is 387 g/mol. The van der Waals surface area contributed by atoms with E-state index in [1.54, 1.807) is 25.1 Å². The van der Waals surface area contributed by atoms with E-state index in [4.69, 9.17) is 23.2 Å². The predicted octanol–water partition coefficient (Wildman–Crippen LogP) is 3.67. The van der Waals surface area contributed by atoms with Crippen LogP contribution in [0.3, 0.4) is 0 Å². The Bertz CT molecular complexity index is 851. The summed E-state index contributed by atoms with van der Waals surface area (Å²) >= 11 is 11.9. The molecule has 0 aliphatic heterocycles. The van der Waals surface area contributed by atoms with Crippen LogP contribution in [-0.2, 0) is 19.6 Å². The Morgan fingerprint density at radius 3 is 2.33 bits per heavy atom. The van der Waals surface area contributed by atoms with Crippen LogP contribution in [0, 0.1) is 6.92 Å².